The first-order chi connectivity index (χ1) is 15.8. The number of anilines is 2. The minimum absolute atomic E-state index is 0.0455. The van der Waals surface area contributed by atoms with Crippen LogP contribution >= 0.6 is 0 Å². The summed E-state index contributed by atoms with van der Waals surface area (Å²) in [4.78, 5) is 18.2. The van der Waals surface area contributed by atoms with Crippen LogP contribution in [0.1, 0.15) is 11.1 Å². The molecule has 0 bridgehead atoms. The SMILES string of the molecule is Cn1cc2c3c(c[nH]c3c1=O)CN(c1ccc3[nH]ncc3c1)c1ccc(CS(C)(=O)=O)cc1-2. The van der Waals surface area contributed by atoms with Crippen LogP contribution in [0.5, 0.6) is 0 Å². The van der Waals surface area contributed by atoms with Gasteiger partial charge in [0.25, 0.3) is 5.56 Å². The number of nitrogens with zero attached hydrogens (tertiary/aromatic N) is 3. The fraction of sp³-hybridized carbons (Fsp3) is 0.167. The zero-order valence-corrected chi connectivity index (χ0v) is 18.9. The smallest absolute Gasteiger partial charge is 0.274 e. The number of aryl methyl sites for hydroxylation is 1. The predicted molar refractivity (Wildman–Crippen MR) is 129 cm³/mol. The highest BCUT2D eigenvalue weighted by molar-refractivity contribution is 7.89. The Bertz CT molecular complexity index is 1740. The Morgan fingerprint density at radius 2 is 1.97 bits per heavy atom. The Hall–Kier alpha value is -3.85. The zero-order valence-electron chi connectivity index (χ0n) is 18.1. The fourth-order valence-electron chi connectivity index (χ4n) is 4.77. The Labute approximate surface area is 189 Å². The van der Waals surface area contributed by atoms with Gasteiger partial charge in [-0.05, 0) is 41.5 Å². The lowest BCUT2D eigenvalue weighted by Gasteiger charge is -2.26. The van der Waals surface area contributed by atoms with E-state index in [1.54, 1.807) is 17.8 Å². The van der Waals surface area contributed by atoms with Gasteiger partial charge < -0.3 is 14.5 Å². The van der Waals surface area contributed by atoms with E-state index in [0.29, 0.717) is 17.6 Å². The van der Waals surface area contributed by atoms with Gasteiger partial charge in [0.05, 0.1) is 24.0 Å². The number of fused-ring (bicyclic) bond motifs is 3. The molecule has 1 aliphatic rings. The van der Waals surface area contributed by atoms with Crippen molar-refractivity contribution in [3.05, 3.63) is 76.5 Å². The van der Waals surface area contributed by atoms with Crippen LogP contribution in [0.4, 0.5) is 11.4 Å². The van der Waals surface area contributed by atoms with Crippen LogP contribution in [-0.2, 0) is 29.2 Å². The summed E-state index contributed by atoms with van der Waals surface area (Å²) >= 11 is 0. The maximum absolute atomic E-state index is 12.8. The number of sulfone groups is 1. The number of aromatic amines is 2. The van der Waals surface area contributed by atoms with Crippen molar-refractivity contribution < 1.29 is 8.42 Å². The highest BCUT2D eigenvalue weighted by Crippen LogP contribution is 2.44. The van der Waals surface area contributed by atoms with Crippen LogP contribution in [0.3, 0.4) is 0 Å². The normalized spacial score (nSPS) is 13.5. The van der Waals surface area contributed by atoms with Gasteiger partial charge in [-0.2, -0.15) is 5.10 Å². The van der Waals surface area contributed by atoms with Gasteiger partial charge >= 0.3 is 0 Å². The van der Waals surface area contributed by atoms with Crippen molar-refractivity contribution in [2.24, 2.45) is 7.05 Å². The molecule has 166 valence electrons. The Balaban J connectivity index is 1.65. The third kappa shape index (κ3) is 3.15. The van der Waals surface area contributed by atoms with Crippen molar-refractivity contribution in [1.29, 1.82) is 0 Å². The van der Waals surface area contributed by atoms with Crippen molar-refractivity contribution in [3.63, 3.8) is 0 Å². The molecule has 8 nitrogen and oxygen atoms in total. The molecule has 2 aromatic carbocycles. The summed E-state index contributed by atoms with van der Waals surface area (Å²) in [6.45, 7) is 0.557. The molecule has 4 heterocycles. The molecule has 0 radical (unpaired) electrons. The molecular weight excluding hydrogens is 438 g/mol. The van der Waals surface area contributed by atoms with Gasteiger partial charge in [-0.3, -0.25) is 9.89 Å². The third-order valence-corrected chi connectivity index (χ3v) is 7.08. The Morgan fingerprint density at radius 1 is 1.12 bits per heavy atom. The molecule has 0 aliphatic carbocycles. The molecule has 3 aromatic heterocycles. The topological polar surface area (TPSA) is 104 Å². The highest BCUT2D eigenvalue weighted by Gasteiger charge is 2.26. The van der Waals surface area contributed by atoms with Crippen LogP contribution in [0.15, 0.2) is 59.8 Å². The van der Waals surface area contributed by atoms with Crippen LogP contribution in [0, 0.1) is 0 Å². The summed E-state index contributed by atoms with van der Waals surface area (Å²) in [6, 6.07) is 11.9. The molecule has 0 saturated carbocycles. The van der Waals surface area contributed by atoms with E-state index in [4.69, 9.17) is 0 Å². The number of pyridine rings is 1. The lowest BCUT2D eigenvalue weighted by Crippen LogP contribution is -2.16. The van der Waals surface area contributed by atoms with Crippen molar-refractivity contribution in [2.45, 2.75) is 12.3 Å². The summed E-state index contributed by atoms with van der Waals surface area (Å²) in [5, 5.41) is 8.98. The second-order valence-electron chi connectivity index (χ2n) is 8.67. The number of H-pyrrole nitrogens is 2. The molecule has 0 saturated heterocycles. The first-order valence-electron chi connectivity index (χ1n) is 10.5. The van der Waals surface area contributed by atoms with E-state index in [-0.39, 0.29) is 11.3 Å². The van der Waals surface area contributed by atoms with Gasteiger partial charge in [-0.25, -0.2) is 8.42 Å². The number of hydrogen-bond donors (Lipinski definition) is 2. The van der Waals surface area contributed by atoms with Gasteiger partial charge in [-0.15, -0.1) is 0 Å². The number of nitrogens with one attached hydrogen (secondary N) is 2. The molecule has 0 amide bonds. The second-order valence-corrected chi connectivity index (χ2v) is 10.8. The summed E-state index contributed by atoms with van der Waals surface area (Å²) in [5.74, 6) is -0.0455. The Morgan fingerprint density at radius 3 is 2.79 bits per heavy atom. The van der Waals surface area contributed by atoms with Crippen LogP contribution in [0.25, 0.3) is 32.9 Å². The summed E-state index contributed by atoms with van der Waals surface area (Å²) in [5.41, 5.74) is 6.85. The van der Waals surface area contributed by atoms with Crippen molar-refractivity contribution in [1.82, 2.24) is 19.7 Å². The van der Waals surface area contributed by atoms with E-state index in [0.717, 1.165) is 44.4 Å². The molecule has 0 unspecified atom stereocenters. The van der Waals surface area contributed by atoms with Crippen molar-refractivity contribution in [3.8, 4) is 11.1 Å². The summed E-state index contributed by atoms with van der Waals surface area (Å²) in [6.07, 6.45) is 6.76. The molecule has 1 aliphatic heterocycles. The van der Waals surface area contributed by atoms with E-state index >= 15 is 0 Å². The highest BCUT2D eigenvalue weighted by atomic mass is 32.2. The molecule has 0 spiro atoms. The molecule has 33 heavy (non-hydrogen) atoms. The molecule has 9 heteroatoms. The quantitative estimate of drug-likeness (QED) is 0.429. The number of aromatic nitrogens is 4. The maximum Gasteiger partial charge on any atom is 0.274 e. The monoisotopic (exact) mass is 459 g/mol. The lowest BCUT2D eigenvalue weighted by atomic mass is 9.99. The fourth-order valence-corrected chi connectivity index (χ4v) is 5.56. The van der Waals surface area contributed by atoms with Crippen LogP contribution in [-0.4, -0.2) is 34.4 Å². The van der Waals surface area contributed by atoms with E-state index in [2.05, 4.69) is 26.1 Å². The van der Waals surface area contributed by atoms with E-state index in [1.807, 2.05) is 42.7 Å². The number of rotatable bonds is 3. The second kappa shape index (κ2) is 6.82. The molecule has 0 fully saturated rings. The first-order valence-corrected chi connectivity index (χ1v) is 12.6. The van der Waals surface area contributed by atoms with Gasteiger partial charge in [0, 0.05) is 59.0 Å². The van der Waals surface area contributed by atoms with Gasteiger partial charge in [0.15, 0.2) is 9.84 Å². The molecule has 2 N–H and O–H groups in total. The molecule has 6 rings (SSSR count). The lowest BCUT2D eigenvalue weighted by molar-refractivity contribution is 0.601. The third-order valence-electron chi connectivity index (χ3n) is 6.22. The standard InChI is InChI=1S/C24H21N5O3S/c1-28-12-19-18-7-14(13-33(2,31)32)3-6-21(18)29(11-16-9-25-23(22(16)19)24(28)30)17-4-5-20-15(8-17)10-26-27-20/h3-10,12,25H,11,13H2,1-2H3,(H,26,27). The number of hydrogen-bond acceptors (Lipinski definition) is 5. The van der Waals surface area contributed by atoms with Crippen LogP contribution < -0.4 is 10.5 Å². The van der Waals surface area contributed by atoms with E-state index in [1.165, 1.54) is 6.26 Å². The zero-order chi connectivity index (χ0) is 22.9. The minimum atomic E-state index is -3.20. The van der Waals surface area contributed by atoms with Gasteiger partial charge in [0.1, 0.15) is 5.52 Å². The van der Waals surface area contributed by atoms with Crippen molar-refractivity contribution in [2.75, 3.05) is 11.2 Å². The number of benzene rings is 2. The van der Waals surface area contributed by atoms with E-state index in [9.17, 15) is 13.2 Å². The van der Waals surface area contributed by atoms with Gasteiger partial charge in [0.2, 0.25) is 0 Å². The minimum Gasteiger partial charge on any atom is -0.356 e. The van der Waals surface area contributed by atoms with Gasteiger partial charge in [-0.1, -0.05) is 6.07 Å². The molecular formula is C24H21N5O3S. The van der Waals surface area contributed by atoms with E-state index < -0.39 is 9.84 Å². The Kier molecular flexibility index (Phi) is 4.09. The largest absolute Gasteiger partial charge is 0.356 e. The van der Waals surface area contributed by atoms with Crippen molar-refractivity contribution >= 4 is 43.0 Å². The molecule has 0 atom stereocenters. The predicted octanol–water partition coefficient (Wildman–Crippen LogP) is 3.61. The average Bonchev–Trinajstić information content (AvgIpc) is 3.37. The maximum atomic E-state index is 12.8. The first kappa shape index (κ1) is 19.8. The average molecular weight is 460 g/mol. The van der Waals surface area contributed by atoms with Crippen LogP contribution in [0.2, 0.25) is 0 Å². The summed E-state index contributed by atoms with van der Waals surface area (Å²) in [7, 11) is -1.47. The summed E-state index contributed by atoms with van der Waals surface area (Å²) < 4.78 is 25.6. The molecule has 5 aromatic rings.